The maximum atomic E-state index is 13.9. The van der Waals surface area contributed by atoms with Crippen molar-refractivity contribution in [3.8, 4) is 0 Å². The van der Waals surface area contributed by atoms with Gasteiger partial charge >= 0.3 is 18.0 Å². The molecular weight excluding hydrogens is 644 g/mol. The van der Waals surface area contributed by atoms with Crippen molar-refractivity contribution in [2.75, 3.05) is 13.2 Å². The molecule has 0 saturated carbocycles. The van der Waals surface area contributed by atoms with Gasteiger partial charge in [0, 0.05) is 37.4 Å². The van der Waals surface area contributed by atoms with Crippen molar-refractivity contribution >= 4 is 35.8 Å². The molecular formula is C37H48N4O9. The number of alkyl carbamates (subject to hydrolysis) is 1. The Hall–Kier alpha value is -5.20. The van der Waals surface area contributed by atoms with Gasteiger partial charge in [-0.05, 0) is 58.1 Å². The summed E-state index contributed by atoms with van der Waals surface area (Å²) < 4.78 is 15.7. The van der Waals surface area contributed by atoms with Crippen molar-refractivity contribution in [3.63, 3.8) is 0 Å². The highest BCUT2D eigenvalue weighted by atomic mass is 16.6. The van der Waals surface area contributed by atoms with Crippen molar-refractivity contribution in [2.45, 2.75) is 90.1 Å². The third-order valence-corrected chi connectivity index (χ3v) is 7.57. The number of hydrogen-bond acceptors (Lipinski definition) is 9. The van der Waals surface area contributed by atoms with Gasteiger partial charge in [-0.25, -0.2) is 9.59 Å². The van der Waals surface area contributed by atoms with Crippen LogP contribution < -0.4 is 21.3 Å². The minimum Gasteiger partial charge on any atom is -0.463 e. The lowest BCUT2D eigenvalue weighted by atomic mass is 9.97. The first kappa shape index (κ1) is 39.2. The summed E-state index contributed by atoms with van der Waals surface area (Å²) in [5.74, 6) is -3.03. The van der Waals surface area contributed by atoms with E-state index in [9.17, 15) is 28.8 Å². The monoisotopic (exact) mass is 692 g/mol. The molecule has 13 heteroatoms. The van der Waals surface area contributed by atoms with Crippen molar-refractivity contribution in [1.29, 1.82) is 0 Å². The zero-order chi connectivity index (χ0) is 36.5. The van der Waals surface area contributed by atoms with E-state index in [4.69, 9.17) is 14.2 Å². The molecule has 2 aromatic carbocycles. The first-order valence-corrected chi connectivity index (χ1v) is 16.8. The standard InChI is InChI=1S/C37H48N4O9/c1-5-48-31(42)18-16-28(23-27-20-21-38-33(27)44)39-35(46)30(22-25-12-8-6-9-13-25)40-34(45)29(17-19-32(43)50-37(2,3)4)41-36(47)49-24-26-14-10-7-11-15-26/h6-16,18,27-30H,5,17,19-24H2,1-4H3,(H,38,44)(H,39,46)(H,40,45)(H,41,47). The number of benzene rings is 2. The number of rotatable bonds is 17. The molecule has 4 unspecified atom stereocenters. The van der Waals surface area contributed by atoms with Gasteiger partial charge in [0.25, 0.3) is 0 Å². The van der Waals surface area contributed by atoms with Crippen LogP contribution >= 0.6 is 0 Å². The highest BCUT2D eigenvalue weighted by Gasteiger charge is 2.32. The topological polar surface area (TPSA) is 178 Å². The van der Waals surface area contributed by atoms with E-state index in [1.807, 2.05) is 12.1 Å². The second kappa shape index (κ2) is 19.7. The van der Waals surface area contributed by atoms with Crippen LogP contribution in [0.15, 0.2) is 72.8 Å². The van der Waals surface area contributed by atoms with Crippen LogP contribution in [0.1, 0.15) is 64.5 Å². The van der Waals surface area contributed by atoms with Crippen LogP contribution in [0.2, 0.25) is 0 Å². The minimum absolute atomic E-state index is 0.0498. The van der Waals surface area contributed by atoms with Crippen LogP contribution in [0, 0.1) is 5.92 Å². The number of esters is 2. The van der Waals surface area contributed by atoms with E-state index in [1.165, 1.54) is 12.2 Å². The van der Waals surface area contributed by atoms with E-state index >= 15 is 0 Å². The molecule has 3 rings (SSSR count). The molecule has 0 bridgehead atoms. The summed E-state index contributed by atoms with van der Waals surface area (Å²) in [6.45, 7) is 7.44. The van der Waals surface area contributed by atoms with Crippen molar-refractivity contribution in [1.82, 2.24) is 21.3 Å². The fourth-order valence-corrected chi connectivity index (χ4v) is 5.19. The molecule has 1 saturated heterocycles. The van der Waals surface area contributed by atoms with E-state index in [0.29, 0.717) is 13.0 Å². The smallest absolute Gasteiger partial charge is 0.408 e. The molecule has 4 N–H and O–H groups in total. The Labute approximate surface area is 292 Å². The summed E-state index contributed by atoms with van der Waals surface area (Å²) in [5, 5.41) is 10.9. The number of carbonyl (C=O) groups is 6. The lowest BCUT2D eigenvalue weighted by molar-refractivity contribution is -0.155. The molecule has 1 heterocycles. The van der Waals surface area contributed by atoms with E-state index in [2.05, 4.69) is 21.3 Å². The van der Waals surface area contributed by atoms with Gasteiger partial charge in [-0.2, -0.15) is 0 Å². The van der Waals surface area contributed by atoms with Gasteiger partial charge in [-0.3, -0.25) is 19.2 Å². The predicted molar refractivity (Wildman–Crippen MR) is 184 cm³/mol. The average molecular weight is 693 g/mol. The van der Waals surface area contributed by atoms with Gasteiger partial charge in [0.15, 0.2) is 0 Å². The lowest BCUT2D eigenvalue weighted by Gasteiger charge is -2.26. The molecule has 13 nitrogen and oxygen atoms in total. The molecule has 270 valence electrons. The fraction of sp³-hybridized carbons (Fsp3) is 0.459. The van der Waals surface area contributed by atoms with Crippen LogP contribution in [0.5, 0.6) is 0 Å². The Morgan fingerprint density at radius 1 is 0.880 bits per heavy atom. The molecule has 0 spiro atoms. The zero-order valence-corrected chi connectivity index (χ0v) is 29.1. The summed E-state index contributed by atoms with van der Waals surface area (Å²) in [7, 11) is 0. The summed E-state index contributed by atoms with van der Waals surface area (Å²) >= 11 is 0. The summed E-state index contributed by atoms with van der Waals surface area (Å²) in [4.78, 5) is 77.5. The van der Waals surface area contributed by atoms with Gasteiger partial charge in [-0.1, -0.05) is 66.7 Å². The SMILES string of the molecule is CCOC(=O)C=CC(CC1CCNC1=O)NC(=O)C(Cc1ccccc1)NC(=O)C(CCC(=O)OC(C)(C)C)NC(=O)OCc1ccccc1. The third kappa shape index (κ3) is 14.5. The molecule has 50 heavy (non-hydrogen) atoms. The lowest BCUT2D eigenvalue weighted by Crippen LogP contribution is -2.55. The van der Waals surface area contributed by atoms with Crippen LogP contribution in [-0.2, 0) is 51.2 Å². The molecule has 2 aromatic rings. The Kier molecular flexibility index (Phi) is 15.5. The highest BCUT2D eigenvalue weighted by molar-refractivity contribution is 5.92. The molecule has 1 aliphatic heterocycles. The largest absolute Gasteiger partial charge is 0.463 e. The number of hydrogen-bond donors (Lipinski definition) is 4. The van der Waals surface area contributed by atoms with Gasteiger partial charge in [0.05, 0.1) is 6.61 Å². The summed E-state index contributed by atoms with van der Waals surface area (Å²) in [6.07, 6.45) is 2.30. The average Bonchev–Trinajstić information content (AvgIpc) is 3.48. The molecule has 4 amide bonds. The van der Waals surface area contributed by atoms with Gasteiger partial charge in [0.2, 0.25) is 17.7 Å². The first-order valence-electron chi connectivity index (χ1n) is 16.8. The molecule has 4 atom stereocenters. The van der Waals surface area contributed by atoms with Crippen molar-refractivity contribution in [3.05, 3.63) is 83.9 Å². The Balaban J connectivity index is 1.82. The van der Waals surface area contributed by atoms with Gasteiger partial charge in [-0.15, -0.1) is 0 Å². The van der Waals surface area contributed by atoms with Gasteiger partial charge < -0.3 is 35.5 Å². The predicted octanol–water partition coefficient (Wildman–Crippen LogP) is 3.26. The van der Waals surface area contributed by atoms with E-state index < -0.39 is 59.5 Å². The van der Waals surface area contributed by atoms with Crippen LogP contribution in [0.3, 0.4) is 0 Å². The molecule has 0 aliphatic carbocycles. The maximum absolute atomic E-state index is 13.9. The molecule has 1 aliphatic rings. The van der Waals surface area contributed by atoms with Crippen molar-refractivity contribution < 1.29 is 43.0 Å². The van der Waals surface area contributed by atoms with Crippen LogP contribution in [0.25, 0.3) is 0 Å². The maximum Gasteiger partial charge on any atom is 0.408 e. The number of ether oxygens (including phenoxy) is 3. The van der Waals surface area contributed by atoms with Gasteiger partial charge in [0.1, 0.15) is 24.3 Å². The molecule has 0 radical (unpaired) electrons. The highest BCUT2D eigenvalue weighted by Crippen LogP contribution is 2.18. The number of carbonyl (C=O) groups excluding carboxylic acids is 6. The van der Waals surface area contributed by atoms with E-state index in [1.54, 1.807) is 76.2 Å². The Morgan fingerprint density at radius 3 is 2.12 bits per heavy atom. The van der Waals surface area contributed by atoms with Crippen molar-refractivity contribution in [2.24, 2.45) is 5.92 Å². The van der Waals surface area contributed by atoms with E-state index in [-0.39, 0.29) is 44.8 Å². The summed E-state index contributed by atoms with van der Waals surface area (Å²) in [6, 6.07) is 14.8. The number of nitrogens with one attached hydrogen (secondary N) is 4. The zero-order valence-electron chi connectivity index (χ0n) is 29.1. The normalized spacial score (nSPS) is 16.0. The quantitative estimate of drug-likeness (QED) is 0.110. The summed E-state index contributed by atoms with van der Waals surface area (Å²) in [5.41, 5.74) is 0.716. The third-order valence-electron chi connectivity index (χ3n) is 7.57. The Bertz CT molecular complexity index is 1470. The van der Waals surface area contributed by atoms with Crippen LogP contribution in [0.4, 0.5) is 4.79 Å². The molecule has 0 aromatic heterocycles. The fourth-order valence-electron chi connectivity index (χ4n) is 5.19. The first-order chi connectivity index (χ1) is 23.8. The molecule has 1 fully saturated rings. The minimum atomic E-state index is -1.27. The second-order valence-electron chi connectivity index (χ2n) is 12.9. The number of amides is 4. The second-order valence-corrected chi connectivity index (χ2v) is 12.9. The Morgan fingerprint density at radius 2 is 1.52 bits per heavy atom. The van der Waals surface area contributed by atoms with Crippen LogP contribution in [-0.4, -0.2) is 72.6 Å². The van der Waals surface area contributed by atoms with E-state index in [0.717, 1.165) is 11.1 Å².